The highest BCUT2D eigenvalue weighted by atomic mass is 32.2. The molecule has 4 rings (SSSR count). The highest BCUT2D eigenvalue weighted by molar-refractivity contribution is 7.88. The lowest BCUT2D eigenvalue weighted by Crippen LogP contribution is -2.28. The monoisotopic (exact) mass is 568 g/mol. The third kappa shape index (κ3) is 5.52. The van der Waals surface area contributed by atoms with Crippen LogP contribution in [0.4, 0.5) is 0 Å². The van der Waals surface area contributed by atoms with E-state index in [1.165, 1.54) is 27.4 Å². The Morgan fingerprint density at radius 1 is 0.615 bits per heavy atom. The van der Waals surface area contributed by atoms with Crippen LogP contribution in [0.5, 0.6) is 28.7 Å². The van der Waals surface area contributed by atoms with E-state index in [9.17, 15) is 13.0 Å². The summed E-state index contributed by atoms with van der Waals surface area (Å²) in [5.41, 5.74) is 1.45. The van der Waals surface area contributed by atoms with Gasteiger partial charge in [0.15, 0.2) is 0 Å². The fourth-order valence-corrected chi connectivity index (χ4v) is 8.32. The molecule has 0 spiro atoms. The van der Waals surface area contributed by atoms with Crippen molar-refractivity contribution >= 4 is 34.0 Å². The Bertz CT molecular complexity index is 1540. The Hall–Kier alpha value is -3.78. The second-order valence-electron chi connectivity index (χ2n) is 8.21. The van der Waals surface area contributed by atoms with Gasteiger partial charge in [0, 0.05) is 17.4 Å². The lowest BCUT2D eigenvalue weighted by molar-refractivity contribution is 0.380. The third-order valence-electron chi connectivity index (χ3n) is 6.14. The van der Waals surface area contributed by atoms with Gasteiger partial charge in [-0.15, -0.1) is 0 Å². The molecule has 10 heteroatoms. The van der Waals surface area contributed by atoms with Crippen molar-refractivity contribution in [3.05, 3.63) is 78.9 Å². The van der Waals surface area contributed by atoms with E-state index in [-0.39, 0.29) is 4.90 Å². The molecular weight excluding hydrogens is 539 g/mol. The summed E-state index contributed by atoms with van der Waals surface area (Å²) in [5, 5.41) is 1.75. The molecular formula is C29H29O8PS. The number of rotatable bonds is 10. The fourth-order valence-electron chi connectivity index (χ4n) is 4.44. The topological polar surface area (TPSA) is 101 Å². The van der Waals surface area contributed by atoms with Crippen LogP contribution in [0.15, 0.2) is 83.8 Å². The van der Waals surface area contributed by atoms with Crippen molar-refractivity contribution in [1.29, 1.82) is 0 Å². The first-order chi connectivity index (χ1) is 18.8. The molecule has 0 saturated carbocycles. The Labute approximate surface area is 229 Å². The average Bonchev–Trinajstić information content (AvgIpc) is 2.96. The zero-order valence-electron chi connectivity index (χ0n) is 22.2. The molecule has 0 saturated heterocycles. The largest absolute Gasteiger partial charge is 0.496 e. The smallest absolute Gasteiger partial charge is 0.295 e. The normalized spacial score (nSPS) is 11.9. The first-order valence-electron chi connectivity index (χ1n) is 11.8. The maximum absolute atomic E-state index is 12.6. The van der Waals surface area contributed by atoms with E-state index >= 15 is 0 Å². The number of ether oxygens (including phenoxy) is 5. The fraction of sp³-hybridized carbons (Fsp3) is 0.172. The molecule has 0 fully saturated rings. The predicted octanol–water partition coefficient (Wildman–Crippen LogP) is 4.40. The van der Waals surface area contributed by atoms with Gasteiger partial charge >= 0.3 is 0 Å². The van der Waals surface area contributed by atoms with E-state index < -0.39 is 18.0 Å². The zero-order valence-corrected chi connectivity index (χ0v) is 23.9. The van der Waals surface area contributed by atoms with Gasteiger partial charge in [0.2, 0.25) is 0 Å². The van der Waals surface area contributed by atoms with Crippen molar-refractivity contribution in [3.8, 4) is 39.9 Å². The van der Waals surface area contributed by atoms with Crippen LogP contribution in [-0.4, -0.2) is 48.5 Å². The highest BCUT2D eigenvalue weighted by Crippen LogP contribution is 2.48. The maximum Gasteiger partial charge on any atom is 0.295 e. The van der Waals surface area contributed by atoms with E-state index in [1.54, 1.807) is 44.6 Å². The molecule has 0 amide bonds. The van der Waals surface area contributed by atoms with Crippen LogP contribution in [0.3, 0.4) is 0 Å². The minimum absolute atomic E-state index is 0.210. The average molecular weight is 569 g/mol. The van der Waals surface area contributed by atoms with E-state index in [2.05, 4.69) is 0 Å². The number of methoxy groups -OCH3 is 5. The minimum Gasteiger partial charge on any atom is -0.496 e. The zero-order chi connectivity index (χ0) is 28.2. The minimum atomic E-state index is -4.59. The number of hydrogen-bond acceptors (Lipinski definition) is 7. The van der Waals surface area contributed by atoms with Crippen molar-refractivity contribution in [2.24, 2.45) is 0 Å². The summed E-state index contributed by atoms with van der Waals surface area (Å²) < 4.78 is 64.0. The molecule has 0 radical (unpaired) electrons. The highest BCUT2D eigenvalue weighted by Gasteiger charge is 2.32. The molecule has 0 aromatic heterocycles. The summed E-state index contributed by atoms with van der Waals surface area (Å²) in [7, 11) is 1.41. The van der Waals surface area contributed by atoms with Crippen LogP contribution in [0.25, 0.3) is 11.1 Å². The van der Waals surface area contributed by atoms with Crippen LogP contribution in [-0.2, 0) is 10.1 Å². The lowest BCUT2D eigenvalue weighted by atomic mass is 10.0. The quantitative estimate of drug-likeness (QED) is 0.222. The Morgan fingerprint density at radius 2 is 1.13 bits per heavy atom. The Balaban J connectivity index is 2.19. The maximum atomic E-state index is 12.6. The van der Waals surface area contributed by atoms with Gasteiger partial charge in [-0.3, -0.25) is 4.55 Å². The van der Waals surface area contributed by atoms with Crippen molar-refractivity contribution < 1.29 is 36.7 Å². The number of benzene rings is 4. The molecule has 0 heterocycles. The molecule has 4 aromatic rings. The molecule has 8 nitrogen and oxygen atoms in total. The first-order valence-corrected chi connectivity index (χ1v) is 14.5. The van der Waals surface area contributed by atoms with E-state index in [1.807, 2.05) is 42.5 Å². The lowest BCUT2D eigenvalue weighted by Gasteiger charge is -2.27. The van der Waals surface area contributed by atoms with Gasteiger partial charge in [-0.1, -0.05) is 48.5 Å². The molecule has 0 aliphatic carbocycles. The van der Waals surface area contributed by atoms with Crippen LogP contribution in [0, 0.1) is 0 Å². The summed E-state index contributed by atoms with van der Waals surface area (Å²) in [6, 6.07) is 22.9. The SMILES string of the molecule is COc1cc(OC)c(P(c2ccccc2-c2c(OC)cccc2OC)c2ccccc2S(=O)(=O)O)c(OC)c1. The van der Waals surface area contributed by atoms with Gasteiger partial charge in [-0.05, 0) is 37.0 Å². The summed E-state index contributed by atoms with van der Waals surface area (Å²) in [4.78, 5) is -0.210. The van der Waals surface area contributed by atoms with Gasteiger partial charge in [-0.25, -0.2) is 0 Å². The molecule has 1 unspecified atom stereocenters. The van der Waals surface area contributed by atoms with Gasteiger partial charge in [0.1, 0.15) is 33.6 Å². The van der Waals surface area contributed by atoms with Crippen LogP contribution in [0.1, 0.15) is 0 Å². The van der Waals surface area contributed by atoms with Gasteiger partial charge in [0.25, 0.3) is 10.1 Å². The first kappa shape index (κ1) is 28.2. The van der Waals surface area contributed by atoms with Crippen LogP contribution < -0.4 is 39.6 Å². The standard InChI is InChI=1S/C29H29O8PS/c1-33-19-17-23(36-4)29(24(18-19)37-5)38(26-15-8-9-16-27(26)39(30,31)32)25-14-7-6-11-20(25)28-21(34-2)12-10-13-22(28)35-3/h6-18H,1-5H3,(H,30,31,32). The second kappa shape index (κ2) is 11.9. The Kier molecular flexibility index (Phi) is 8.65. The van der Waals surface area contributed by atoms with E-state index in [0.717, 1.165) is 10.9 Å². The molecule has 1 N–H and O–H groups in total. The summed E-state index contributed by atoms with van der Waals surface area (Å²) >= 11 is 0. The van der Waals surface area contributed by atoms with Crippen molar-refractivity contribution in [1.82, 2.24) is 0 Å². The molecule has 0 aliphatic heterocycles. The second-order valence-corrected chi connectivity index (χ2v) is 11.7. The van der Waals surface area contributed by atoms with Gasteiger partial charge in [-0.2, -0.15) is 8.42 Å². The molecule has 0 bridgehead atoms. The van der Waals surface area contributed by atoms with Crippen LogP contribution >= 0.6 is 7.92 Å². The summed E-state index contributed by atoms with van der Waals surface area (Å²) in [5.74, 6) is 2.53. The number of hydrogen-bond donors (Lipinski definition) is 1. The predicted molar refractivity (Wildman–Crippen MR) is 153 cm³/mol. The molecule has 204 valence electrons. The molecule has 1 atom stereocenters. The van der Waals surface area contributed by atoms with Gasteiger partial charge in [0.05, 0.1) is 46.4 Å². The van der Waals surface area contributed by atoms with E-state index in [4.69, 9.17) is 23.7 Å². The third-order valence-corrected chi connectivity index (χ3v) is 9.83. The van der Waals surface area contributed by atoms with Crippen LogP contribution in [0.2, 0.25) is 0 Å². The molecule has 4 aromatic carbocycles. The van der Waals surface area contributed by atoms with E-state index in [0.29, 0.717) is 44.9 Å². The summed E-state index contributed by atoms with van der Waals surface area (Å²) in [6.45, 7) is 0. The molecule has 39 heavy (non-hydrogen) atoms. The molecule has 0 aliphatic rings. The Morgan fingerprint density at radius 3 is 1.64 bits per heavy atom. The van der Waals surface area contributed by atoms with Crippen molar-refractivity contribution in [2.45, 2.75) is 4.90 Å². The summed E-state index contributed by atoms with van der Waals surface area (Å²) in [6.07, 6.45) is 0. The van der Waals surface area contributed by atoms with Gasteiger partial charge < -0.3 is 23.7 Å². The van der Waals surface area contributed by atoms with Crippen molar-refractivity contribution in [3.63, 3.8) is 0 Å². The van der Waals surface area contributed by atoms with Crippen molar-refractivity contribution in [2.75, 3.05) is 35.5 Å².